The third-order valence-corrected chi connectivity index (χ3v) is 10.3. The summed E-state index contributed by atoms with van der Waals surface area (Å²) in [5, 5.41) is 0.342. The molecule has 0 amide bonds. The van der Waals surface area contributed by atoms with Crippen LogP contribution in [-0.2, 0) is 19.1 Å². The average molecular weight is 491 g/mol. The molecule has 8 atom stereocenters. The first-order valence-electron chi connectivity index (χ1n) is 12.9. The van der Waals surface area contributed by atoms with E-state index in [2.05, 4.69) is 27.7 Å². The quantitative estimate of drug-likeness (QED) is 0.248. The van der Waals surface area contributed by atoms with E-state index in [4.69, 9.17) is 21.7 Å². The first-order valence-corrected chi connectivity index (χ1v) is 13.4. The van der Waals surface area contributed by atoms with Crippen LogP contribution < -0.4 is 0 Å². The molecule has 188 valence electrons. The van der Waals surface area contributed by atoms with Crippen LogP contribution in [0.3, 0.4) is 0 Å². The highest BCUT2D eigenvalue weighted by Crippen LogP contribution is 2.69. The molecule has 4 aliphatic rings. The molecule has 4 nitrogen and oxygen atoms in total. The molecule has 4 aliphatic carbocycles. The molecule has 0 aromatic rings. The highest BCUT2D eigenvalue weighted by molar-refractivity contribution is 7.80. The molecule has 3 saturated carbocycles. The lowest BCUT2D eigenvalue weighted by molar-refractivity contribution is -0.176. The molecule has 0 unspecified atom stereocenters. The number of rotatable bonds is 6. The molecule has 4 rings (SSSR count). The topological polar surface area (TPSA) is 52.6 Å². The van der Waals surface area contributed by atoms with E-state index in [-0.39, 0.29) is 35.4 Å². The van der Waals surface area contributed by atoms with Crippen molar-refractivity contribution in [2.75, 3.05) is 7.11 Å². The smallest absolute Gasteiger partial charge is 0.306 e. The molecule has 0 aromatic heterocycles. The van der Waals surface area contributed by atoms with Crippen molar-refractivity contribution >= 4 is 29.0 Å². The number of unbranched alkanes of at least 4 members (excludes halogenated alkanes) is 2. The maximum atomic E-state index is 15.6. The standard InChI is InChI=1S/C28H39FO4S/c1-6-7-8-9-24(31)33-28(25(34)32-5)17(2)14-21-19-16-23(29)22-15-18(30)10-12-26(22,3)20(19)11-13-27(21,28)4/h10,12,15,17,19-21,23H,6-9,11,13-14,16H2,1-5H3/t17-,19+,20-,21-,23-,26+,27-,28-/m0/s1. The van der Waals surface area contributed by atoms with E-state index in [0.29, 0.717) is 23.5 Å². The van der Waals surface area contributed by atoms with Crippen molar-refractivity contribution in [3.63, 3.8) is 0 Å². The van der Waals surface area contributed by atoms with E-state index < -0.39 is 22.6 Å². The number of carbonyl (C=O) groups excluding carboxylic acids is 2. The van der Waals surface area contributed by atoms with Crippen LogP contribution >= 0.6 is 12.2 Å². The Morgan fingerprint density at radius 1 is 1.24 bits per heavy atom. The Morgan fingerprint density at radius 3 is 2.65 bits per heavy atom. The number of thiocarbonyl (C=S) groups is 1. The number of halogens is 1. The van der Waals surface area contributed by atoms with Crippen LogP contribution in [0.2, 0.25) is 0 Å². The zero-order valence-corrected chi connectivity index (χ0v) is 22.0. The minimum absolute atomic E-state index is 0.0184. The van der Waals surface area contributed by atoms with E-state index in [0.717, 1.165) is 38.5 Å². The summed E-state index contributed by atoms with van der Waals surface area (Å²) in [6, 6.07) is 0. The SMILES string of the molecule is CCCCCC(=O)O[C@]1(C(=S)OC)[C@@H](C)C[C@H]2[C@@H]3C[C@H](F)C4=CC(=O)C=C[C@]4(C)[C@H]3CC[C@@]21C. The summed E-state index contributed by atoms with van der Waals surface area (Å²) in [6.45, 7) is 8.48. The van der Waals surface area contributed by atoms with Gasteiger partial charge in [-0.1, -0.05) is 46.6 Å². The molecule has 0 bridgehead atoms. The van der Waals surface area contributed by atoms with Gasteiger partial charge in [0.05, 0.1) is 7.11 Å². The van der Waals surface area contributed by atoms with Gasteiger partial charge in [0.25, 0.3) is 0 Å². The fourth-order valence-corrected chi connectivity index (χ4v) is 8.60. The van der Waals surface area contributed by atoms with E-state index >= 15 is 4.39 Å². The average Bonchev–Trinajstić information content (AvgIpc) is 3.02. The Kier molecular flexibility index (Phi) is 6.87. The highest BCUT2D eigenvalue weighted by Gasteiger charge is 2.71. The van der Waals surface area contributed by atoms with Gasteiger partial charge >= 0.3 is 5.97 Å². The minimum atomic E-state index is -1.14. The lowest BCUT2D eigenvalue weighted by Gasteiger charge is -2.59. The number of esters is 1. The van der Waals surface area contributed by atoms with E-state index in [9.17, 15) is 9.59 Å². The zero-order valence-electron chi connectivity index (χ0n) is 21.2. The van der Waals surface area contributed by atoms with Gasteiger partial charge in [-0.05, 0) is 79.8 Å². The Bertz CT molecular complexity index is 927. The Labute approximate surface area is 208 Å². The maximum Gasteiger partial charge on any atom is 0.306 e. The molecule has 0 radical (unpaired) electrons. The number of hydrogen-bond acceptors (Lipinski definition) is 5. The van der Waals surface area contributed by atoms with Crippen molar-refractivity contribution < 1.29 is 23.5 Å². The van der Waals surface area contributed by atoms with Crippen molar-refractivity contribution in [3.05, 3.63) is 23.8 Å². The molecular formula is C28H39FO4S. The van der Waals surface area contributed by atoms with Gasteiger partial charge in [0.2, 0.25) is 5.05 Å². The molecule has 3 fully saturated rings. The number of ketones is 1. The molecule has 0 N–H and O–H groups in total. The molecule has 6 heteroatoms. The molecule has 0 aromatic carbocycles. The van der Waals surface area contributed by atoms with Crippen LogP contribution in [0.1, 0.15) is 79.1 Å². The summed E-state index contributed by atoms with van der Waals surface area (Å²) < 4.78 is 27.6. The van der Waals surface area contributed by atoms with Gasteiger partial charge in [0, 0.05) is 23.2 Å². The summed E-state index contributed by atoms with van der Waals surface area (Å²) in [5.41, 5.74) is -1.23. The number of fused-ring (bicyclic) bond motifs is 5. The van der Waals surface area contributed by atoms with Crippen LogP contribution in [-0.4, -0.2) is 35.7 Å². The molecule has 0 aliphatic heterocycles. The fourth-order valence-electron chi connectivity index (χ4n) is 8.12. The molecular weight excluding hydrogens is 451 g/mol. The second kappa shape index (κ2) is 9.15. The number of methoxy groups -OCH3 is 1. The van der Waals surface area contributed by atoms with Crippen LogP contribution in [0, 0.1) is 34.5 Å². The monoisotopic (exact) mass is 490 g/mol. The summed E-state index contributed by atoms with van der Waals surface area (Å²) in [6.07, 6.45) is 10.0. The van der Waals surface area contributed by atoms with Crippen LogP contribution in [0.25, 0.3) is 0 Å². The van der Waals surface area contributed by atoms with E-state index in [1.54, 1.807) is 13.2 Å². The number of carbonyl (C=O) groups is 2. The summed E-state index contributed by atoms with van der Waals surface area (Å²) >= 11 is 5.76. The Hall–Kier alpha value is -1.56. The largest absolute Gasteiger partial charge is 0.487 e. The normalized spacial score (nSPS) is 42.8. The second-order valence-corrected chi connectivity index (χ2v) is 11.8. The third-order valence-electron chi connectivity index (χ3n) is 9.82. The van der Waals surface area contributed by atoms with Crippen molar-refractivity contribution in [1.29, 1.82) is 0 Å². The summed E-state index contributed by atoms with van der Waals surface area (Å²) in [7, 11) is 1.56. The predicted molar refractivity (Wildman–Crippen MR) is 134 cm³/mol. The van der Waals surface area contributed by atoms with Crippen molar-refractivity contribution in [3.8, 4) is 0 Å². The first-order chi connectivity index (χ1) is 16.0. The molecule has 0 heterocycles. The van der Waals surface area contributed by atoms with Gasteiger partial charge in [-0.15, -0.1) is 0 Å². The zero-order chi connectivity index (χ0) is 24.9. The van der Waals surface area contributed by atoms with E-state index in [1.165, 1.54) is 6.08 Å². The number of hydrogen-bond donors (Lipinski definition) is 0. The fraction of sp³-hybridized carbons (Fsp3) is 0.750. The van der Waals surface area contributed by atoms with Gasteiger partial charge < -0.3 is 9.47 Å². The van der Waals surface area contributed by atoms with Gasteiger partial charge in [-0.2, -0.15) is 0 Å². The van der Waals surface area contributed by atoms with Gasteiger partial charge in [-0.25, -0.2) is 4.39 Å². The molecule has 34 heavy (non-hydrogen) atoms. The predicted octanol–water partition coefficient (Wildman–Crippen LogP) is 6.32. The van der Waals surface area contributed by atoms with Crippen LogP contribution in [0.15, 0.2) is 23.8 Å². The highest BCUT2D eigenvalue weighted by atomic mass is 32.1. The lowest BCUT2D eigenvalue weighted by Crippen LogP contribution is -2.61. The number of ether oxygens (including phenoxy) is 2. The number of allylic oxidation sites excluding steroid dienone is 4. The second-order valence-electron chi connectivity index (χ2n) is 11.4. The Morgan fingerprint density at radius 2 is 1.97 bits per heavy atom. The lowest BCUT2D eigenvalue weighted by atomic mass is 9.47. The van der Waals surface area contributed by atoms with Crippen molar-refractivity contribution in [1.82, 2.24) is 0 Å². The summed E-state index contributed by atoms with van der Waals surface area (Å²) in [5.74, 6) is 0.157. The van der Waals surface area contributed by atoms with Gasteiger partial charge in [0.15, 0.2) is 11.4 Å². The maximum absolute atomic E-state index is 15.6. The molecule has 0 saturated heterocycles. The van der Waals surface area contributed by atoms with Crippen molar-refractivity contribution in [2.24, 2.45) is 34.5 Å². The number of alkyl halides is 1. The van der Waals surface area contributed by atoms with Crippen molar-refractivity contribution in [2.45, 2.75) is 90.8 Å². The van der Waals surface area contributed by atoms with Crippen LogP contribution in [0.5, 0.6) is 0 Å². The van der Waals surface area contributed by atoms with Gasteiger partial charge in [0.1, 0.15) is 6.17 Å². The minimum Gasteiger partial charge on any atom is -0.487 e. The Balaban J connectivity index is 1.70. The van der Waals surface area contributed by atoms with Crippen LogP contribution in [0.4, 0.5) is 4.39 Å². The molecule has 0 spiro atoms. The van der Waals surface area contributed by atoms with E-state index in [1.807, 2.05) is 6.08 Å². The first kappa shape index (κ1) is 25.5. The third kappa shape index (κ3) is 3.61. The van der Waals surface area contributed by atoms with Gasteiger partial charge in [-0.3, -0.25) is 9.59 Å². The summed E-state index contributed by atoms with van der Waals surface area (Å²) in [4.78, 5) is 25.0.